The van der Waals surface area contributed by atoms with Gasteiger partial charge in [-0.3, -0.25) is 9.59 Å². The number of aliphatic hydroxyl groups is 1. The number of benzene rings is 2. The Morgan fingerprint density at radius 2 is 1.90 bits per heavy atom. The summed E-state index contributed by atoms with van der Waals surface area (Å²) in [4.78, 5) is 30.6. The zero-order valence-electron chi connectivity index (χ0n) is 17.1. The SMILES string of the molecule is CCCN1C(=O)C(=O)/C(=C(\O)c2c[nH]c3ccccc23)C1c1ccc2c(c1)OCCO2. The molecule has 31 heavy (non-hydrogen) atoms. The molecule has 3 aromatic rings. The summed E-state index contributed by atoms with van der Waals surface area (Å²) in [6, 6.07) is 12.2. The molecule has 5 rings (SSSR count). The van der Waals surface area contributed by atoms with Gasteiger partial charge in [0.1, 0.15) is 19.0 Å². The molecule has 0 saturated carbocycles. The van der Waals surface area contributed by atoms with E-state index in [2.05, 4.69) is 4.98 Å². The Labute approximate surface area is 178 Å². The van der Waals surface area contributed by atoms with Gasteiger partial charge in [0.25, 0.3) is 11.7 Å². The minimum atomic E-state index is -0.704. The largest absolute Gasteiger partial charge is 0.507 e. The quantitative estimate of drug-likeness (QED) is 0.382. The average molecular weight is 418 g/mol. The third-order valence-electron chi connectivity index (χ3n) is 5.73. The highest BCUT2D eigenvalue weighted by Gasteiger charge is 2.46. The number of ether oxygens (including phenoxy) is 2. The van der Waals surface area contributed by atoms with Crippen LogP contribution in [0, 0.1) is 0 Å². The van der Waals surface area contributed by atoms with E-state index in [1.165, 1.54) is 4.90 Å². The van der Waals surface area contributed by atoms with E-state index in [9.17, 15) is 14.7 Å². The Morgan fingerprint density at radius 3 is 2.71 bits per heavy atom. The highest BCUT2D eigenvalue weighted by molar-refractivity contribution is 6.46. The number of aromatic amines is 1. The predicted molar refractivity (Wildman–Crippen MR) is 115 cm³/mol. The second-order valence-electron chi connectivity index (χ2n) is 7.64. The number of likely N-dealkylation sites (tertiary alicyclic amines) is 1. The van der Waals surface area contributed by atoms with Crippen molar-refractivity contribution in [2.45, 2.75) is 19.4 Å². The van der Waals surface area contributed by atoms with Crippen LogP contribution in [-0.4, -0.2) is 46.4 Å². The number of aliphatic hydroxyl groups excluding tert-OH is 1. The molecule has 0 radical (unpaired) electrons. The molecule has 1 amide bonds. The molecule has 2 aliphatic rings. The van der Waals surface area contributed by atoms with Gasteiger partial charge in [0.05, 0.1) is 11.6 Å². The van der Waals surface area contributed by atoms with Crippen molar-refractivity contribution in [3.8, 4) is 11.5 Å². The Bertz CT molecular complexity index is 1230. The number of amides is 1. The first-order valence-electron chi connectivity index (χ1n) is 10.3. The Morgan fingerprint density at radius 1 is 1.13 bits per heavy atom. The van der Waals surface area contributed by atoms with Gasteiger partial charge in [-0.25, -0.2) is 0 Å². The van der Waals surface area contributed by atoms with E-state index in [0.717, 1.165) is 10.9 Å². The lowest BCUT2D eigenvalue weighted by Gasteiger charge is -2.26. The van der Waals surface area contributed by atoms with Crippen molar-refractivity contribution in [3.05, 3.63) is 65.4 Å². The van der Waals surface area contributed by atoms with Crippen LogP contribution in [0.5, 0.6) is 11.5 Å². The number of nitrogens with one attached hydrogen (secondary N) is 1. The van der Waals surface area contributed by atoms with Gasteiger partial charge in [-0.1, -0.05) is 31.2 Å². The Balaban J connectivity index is 1.69. The number of carbonyl (C=O) groups excluding carboxylic acids is 2. The number of nitrogens with zero attached hydrogens (tertiary/aromatic N) is 1. The summed E-state index contributed by atoms with van der Waals surface area (Å²) < 4.78 is 11.3. The lowest BCUT2D eigenvalue weighted by Crippen LogP contribution is -2.30. The van der Waals surface area contributed by atoms with Gasteiger partial charge in [0.2, 0.25) is 0 Å². The van der Waals surface area contributed by atoms with E-state index in [-0.39, 0.29) is 11.3 Å². The van der Waals surface area contributed by atoms with Gasteiger partial charge in [-0.05, 0) is 30.2 Å². The van der Waals surface area contributed by atoms with Crippen LogP contribution in [0.4, 0.5) is 0 Å². The molecule has 158 valence electrons. The molecule has 1 saturated heterocycles. The summed E-state index contributed by atoms with van der Waals surface area (Å²) in [5, 5.41) is 12.0. The van der Waals surface area contributed by atoms with Crippen LogP contribution in [0.25, 0.3) is 16.7 Å². The van der Waals surface area contributed by atoms with E-state index in [1.807, 2.05) is 37.3 Å². The summed E-state index contributed by atoms with van der Waals surface area (Å²) in [7, 11) is 0. The number of aromatic nitrogens is 1. The van der Waals surface area contributed by atoms with Crippen LogP contribution in [0.1, 0.15) is 30.5 Å². The van der Waals surface area contributed by atoms with E-state index < -0.39 is 17.7 Å². The molecule has 0 bridgehead atoms. The highest BCUT2D eigenvalue weighted by atomic mass is 16.6. The van der Waals surface area contributed by atoms with E-state index >= 15 is 0 Å². The molecular formula is C24H22N2O5. The van der Waals surface area contributed by atoms with Crippen LogP contribution >= 0.6 is 0 Å². The normalized spacial score (nSPS) is 19.9. The standard InChI is InChI=1S/C24H22N2O5/c1-2-9-26-21(14-7-8-18-19(12-14)31-11-10-30-18)20(23(28)24(26)29)22(27)16-13-25-17-6-4-3-5-15(16)17/h3-8,12-13,21,25,27H,2,9-11H2,1H3/b22-20-. The van der Waals surface area contributed by atoms with Crippen LogP contribution in [0.3, 0.4) is 0 Å². The first kappa shape index (κ1) is 19.2. The number of para-hydroxylation sites is 1. The van der Waals surface area contributed by atoms with Crippen molar-refractivity contribution in [1.82, 2.24) is 9.88 Å². The van der Waals surface area contributed by atoms with Gasteiger partial charge in [-0.2, -0.15) is 0 Å². The van der Waals surface area contributed by atoms with Crippen molar-refractivity contribution in [2.24, 2.45) is 0 Å². The third-order valence-corrected chi connectivity index (χ3v) is 5.73. The molecule has 2 N–H and O–H groups in total. The zero-order chi connectivity index (χ0) is 21.5. The lowest BCUT2D eigenvalue weighted by molar-refractivity contribution is -0.139. The van der Waals surface area contributed by atoms with Crippen molar-refractivity contribution in [3.63, 3.8) is 0 Å². The number of Topliss-reactive ketones (excluding diaryl/α,β-unsaturated/α-hetero) is 1. The molecular weight excluding hydrogens is 396 g/mol. The molecule has 1 atom stereocenters. The monoisotopic (exact) mass is 418 g/mol. The Kier molecular flexibility index (Phi) is 4.66. The average Bonchev–Trinajstić information content (AvgIpc) is 3.33. The van der Waals surface area contributed by atoms with Crippen LogP contribution in [0.2, 0.25) is 0 Å². The summed E-state index contributed by atoms with van der Waals surface area (Å²) in [6.07, 6.45) is 2.34. The number of hydrogen-bond donors (Lipinski definition) is 2. The molecule has 2 aromatic carbocycles. The van der Waals surface area contributed by atoms with Crippen molar-refractivity contribution in [2.75, 3.05) is 19.8 Å². The molecule has 1 fully saturated rings. The first-order chi connectivity index (χ1) is 15.1. The van der Waals surface area contributed by atoms with E-state index in [0.29, 0.717) is 48.8 Å². The summed E-state index contributed by atoms with van der Waals surface area (Å²) in [5.74, 6) is -0.287. The van der Waals surface area contributed by atoms with Gasteiger partial charge < -0.3 is 24.5 Å². The summed E-state index contributed by atoms with van der Waals surface area (Å²) in [6.45, 7) is 3.25. The van der Waals surface area contributed by atoms with Crippen LogP contribution in [0.15, 0.2) is 54.2 Å². The molecule has 1 aromatic heterocycles. The zero-order valence-corrected chi connectivity index (χ0v) is 17.1. The molecule has 1 unspecified atom stereocenters. The molecule has 7 nitrogen and oxygen atoms in total. The Hall–Kier alpha value is -3.74. The van der Waals surface area contributed by atoms with Gasteiger partial charge in [0.15, 0.2) is 11.5 Å². The smallest absolute Gasteiger partial charge is 0.295 e. The van der Waals surface area contributed by atoms with E-state index in [4.69, 9.17) is 9.47 Å². The van der Waals surface area contributed by atoms with Gasteiger partial charge in [-0.15, -0.1) is 0 Å². The van der Waals surface area contributed by atoms with Crippen molar-refractivity contribution >= 4 is 28.4 Å². The minimum Gasteiger partial charge on any atom is -0.507 e. The van der Waals surface area contributed by atoms with Gasteiger partial charge >= 0.3 is 0 Å². The number of hydrogen-bond acceptors (Lipinski definition) is 5. The second kappa shape index (κ2) is 7.50. The number of fused-ring (bicyclic) bond motifs is 2. The fraction of sp³-hybridized carbons (Fsp3) is 0.250. The first-order valence-corrected chi connectivity index (χ1v) is 10.3. The fourth-order valence-corrected chi connectivity index (χ4v) is 4.34. The van der Waals surface area contributed by atoms with Crippen molar-refractivity contribution < 1.29 is 24.2 Å². The minimum absolute atomic E-state index is 0.0832. The van der Waals surface area contributed by atoms with E-state index in [1.54, 1.807) is 18.3 Å². The second-order valence-corrected chi connectivity index (χ2v) is 7.64. The van der Waals surface area contributed by atoms with Crippen molar-refractivity contribution in [1.29, 1.82) is 0 Å². The molecule has 0 aliphatic carbocycles. The van der Waals surface area contributed by atoms with Crippen LogP contribution < -0.4 is 9.47 Å². The number of H-pyrrole nitrogens is 1. The molecule has 0 spiro atoms. The maximum atomic E-state index is 13.1. The topological polar surface area (TPSA) is 91.9 Å². The summed E-state index contributed by atoms with van der Waals surface area (Å²) in [5.41, 5.74) is 2.11. The predicted octanol–water partition coefficient (Wildman–Crippen LogP) is 3.77. The number of ketones is 1. The molecule has 7 heteroatoms. The number of carbonyl (C=O) groups is 2. The number of rotatable bonds is 4. The fourth-order valence-electron chi connectivity index (χ4n) is 4.34. The van der Waals surface area contributed by atoms with Gasteiger partial charge in [0, 0.05) is 29.2 Å². The lowest BCUT2D eigenvalue weighted by atomic mass is 9.94. The molecule has 2 aliphatic heterocycles. The summed E-state index contributed by atoms with van der Waals surface area (Å²) >= 11 is 0. The third kappa shape index (κ3) is 3.04. The molecule has 3 heterocycles. The maximum Gasteiger partial charge on any atom is 0.295 e. The highest BCUT2D eigenvalue weighted by Crippen LogP contribution is 2.43. The van der Waals surface area contributed by atoms with Crippen LogP contribution in [-0.2, 0) is 9.59 Å². The maximum absolute atomic E-state index is 13.1.